The fraction of sp³-hybridized carbons (Fsp3) is 0.333. The number of nitrogens with zero attached hydrogens (tertiary/aromatic N) is 1. The van der Waals surface area contributed by atoms with Crippen LogP contribution >= 0.6 is 23.1 Å². The van der Waals surface area contributed by atoms with Crippen molar-refractivity contribution in [1.29, 1.82) is 0 Å². The van der Waals surface area contributed by atoms with Crippen molar-refractivity contribution in [2.45, 2.75) is 49.9 Å². The molecule has 0 fully saturated rings. The summed E-state index contributed by atoms with van der Waals surface area (Å²) in [5.41, 5.74) is 9.27. The number of nitrogens with one attached hydrogen (secondary N) is 1. The van der Waals surface area contributed by atoms with Crippen molar-refractivity contribution < 1.29 is 14.3 Å². The Balaban J connectivity index is 1.54. The molecule has 6 nitrogen and oxygen atoms in total. The van der Waals surface area contributed by atoms with E-state index >= 15 is 0 Å². The number of carbonyl (C=O) groups is 2. The van der Waals surface area contributed by atoms with Crippen molar-refractivity contribution in [2.75, 3.05) is 24.2 Å². The lowest BCUT2D eigenvalue weighted by atomic mass is 10.0. The highest BCUT2D eigenvalue weighted by molar-refractivity contribution is 8.00. The maximum atomic E-state index is 13.3. The molecule has 0 spiro atoms. The van der Waals surface area contributed by atoms with Gasteiger partial charge in [0.1, 0.15) is 5.00 Å². The van der Waals surface area contributed by atoms with Crippen LogP contribution in [0.3, 0.4) is 0 Å². The summed E-state index contributed by atoms with van der Waals surface area (Å²) in [7, 11) is 0. The number of thioether (sulfide) groups is 1. The summed E-state index contributed by atoms with van der Waals surface area (Å²) in [6, 6.07) is 17.9. The van der Waals surface area contributed by atoms with E-state index in [4.69, 9.17) is 10.5 Å². The van der Waals surface area contributed by atoms with Crippen LogP contribution in [0.15, 0.2) is 59.5 Å². The van der Waals surface area contributed by atoms with Crippen LogP contribution in [0.25, 0.3) is 0 Å². The van der Waals surface area contributed by atoms with Gasteiger partial charge in [-0.25, -0.2) is 4.79 Å². The zero-order chi connectivity index (χ0) is 24.8. The highest BCUT2D eigenvalue weighted by Crippen LogP contribution is 2.39. The Hall–Kier alpha value is -2.81. The number of esters is 1. The summed E-state index contributed by atoms with van der Waals surface area (Å²) >= 11 is 2.99. The minimum atomic E-state index is -0.365. The van der Waals surface area contributed by atoms with Gasteiger partial charge in [0, 0.05) is 35.1 Å². The van der Waals surface area contributed by atoms with Gasteiger partial charge in [0.05, 0.1) is 17.4 Å². The van der Waals surface area contributed by atoms with E-state index in [0.717, 1.165) is 41.4 Å². The second kappa shape index (κ2) is 11.7. The topological polar surface area (TPSA) is 84.7 Å². The lowest BCUT2D eigenvalue weighted by molar-refractivity contribution is -0.115. The maximum absolute atomic E-state index is 13.3. The van der Waals surface area contributed by atoms with E-state index in [1.807, 2.05) is 37.3 Å². The third-order valence-electron chi connectivity index (χ3n) is 5.92. The molecule has 8 heteroatoms. The molecule has 1 aliphatic heterocycles. The number of ether oxygens (including phenoxy) is 1. The van der Waals surface area contributed by atoms with E-state index < -0.39 is 0 Å². The van der Waals surface area contributed by atoms with Gasteiger partial charge in [0.2, 0.25) is 5.91 Å². The number of anilines is 2. The maximum Gasteiger partial charge on any atom is 0.341 e. The van der Waals surface area contributed by atoms with Crippen LogP contribution in [0.5, 0.6) is 0 Å². The lowest BCUT2D eigenvalue weighted by Crippen LogP contribution is -2.30. The van der Waals surface area contributed by atoms with Crippen LogP contribution < -0.4 is 11.1 Å². The van der Waals surface area contributed by atoms with Gasteiger partial charge in [-0.1, -0.05) is 37.3 Å². The number of rotatable bonds is 9. The number of thiophene rings is 1. The van der Waals surface area contributed by atoms with E-state index in [1.54, 1.807) is 6.92 Å². The van der Waals surface area contributed by atoms with Gasteiger partial charge in [-0.05, 0) is 55.2 Å². The molecule has 1 atom stereocenters. The summed E-state index contributed by atoms with van der Waals surface area (Å²) in [5, 5.41) is 3.37. The molecule has 3 aromatic rings. The molecule has 0 aliphatic carbocycles. The first kappa shape index (κ1) is 25.3. The predicted octanol–water partition coefficient (Wildman–Crippen LogP) is 5.57. The average Bonchev–Trinajstić information content (AvgIpc) is 3.21. The van der Waals surface area contributed by atoms with Crippen molar-refractivity contribution in [3.63, 3.8) is 0 Å². The Morgan fingerprint density at radius 2 is 1.89 bits per heavy atom. The first-order valence-corrected chi connectivity index (χ1v) is 13.6. The number of hydrogen-bond donors (Lipinski definition) is 2. The Morgan fingerprint density at radius 1 is 1.14 bits per heavy atom. The molecule has 1 aliphatic rings. The zero-order valence-electron chi connectivity index (χ0n) is 20.1. The van der Waals surface area contributed by atoms with Gasteiger partial charge in [-0.3, -0.25) is 9.69 Å². The summed E-state index contributed by atoms with van der Waals surface area (Å²) in [5.74, 6) is -0.476. The van der Waals surface area contributed by atoms with Crippen molar-refractivity contribution in [3.05, 3.63) is 76.2 Å². The summed E-state index contributed by atoms with van der Waals surface area (Å²) in [4.78, 5) is 30.6. The molecule has 2 aromatic carbocycles. The van der Waals surface area contributed by atoms with Gasteiger partial charge in [-0.2, -0.15) is 0 Å². The molecule has 184 valence electrons. The highest BCUT2D eigenvalue weighted by Gasteiger charge is 2.30. The van der Waals surface area contributed by atoms with Gasteiger partial charge in [0.15, 0.2) is 0 Å². The minimum absolute atomic E-state index is 0.111. The van der Waals surface area contributed by atoms with E-state index in [1.165, 1.54) is 28.7 Å². The molecule has 35 heavy (non-hydrogen) atoms. The lowest BCUT2D eigenvalue weighted by Gasteiger charge is -2.27. The van der Waals surface area contributed by atoms with Crippen LogP contribution in [-0.2, 0) is 29.0 Å². The monoisotopic (exact) mass is 509 g/mol. The quantitative estimate of drug-likeness (QED) is 0.223. The summed E-state index contributed by atoms with van der Waals surface area (Å²) < 4.78 is 5.38. The SMILES string of the molecule is CCOC(=O)c1c(NC(=O)C(CC)Sc2ccc(N)cc2)sc2c1CCN(Cc1ccccc1)C2. The zero-order valence-corrected chi connectivity index (χ0v) is 21.7. The Bertz CT molecular complexity index is 1160. The van der Waals surface area contributed by atoms with Crippen molar-refractivity contribution in [3.8, 4) is 0 Å². The second-order valence-electron chi connectivity index (χ2n) is 8.45. The Kier molecular flexibility index (Phi) is 8.49. The highest BCUT2D eigenvalue weighted by atomic mass is 32.2. The van der Waals surface area contributed by atoms with Crippen molar-refractivity contribution in [2.24, 2.45) is 0 Å². The van der Waals surface area contributed by atoms with E-state index in [2.05, 4.69) is 34.5 Å². The number of benzene rings is 2. The normalized spacial score (nSPS) is 14.2. The largest absolute Gasteiger partial charge is 0.462 e. The standard InChI is InChI=1S/C27H31N3O3S2/c1-3-22(34-20-12-10-19(28)11-13-20)25(31)29-26-24(27(32)33-4-2)21-14-15-30(17-23(21)35-26)16-18-8-6-5-7-9-18/h5-13,22H,3-4,14-17,28H2,1-2H3,(H,29,31). The van der Waals surface area contributed by atoms with Crippen LogP contribution in [0, 0.1) is 0 Å². The number of nitrogens with two attached hydrogens (primary N) is 1. The van der Waals surface area contributed by atoms with Crippen molar-refractivity contribution >= 4 is 45.7 Å². The van der Waals surface area contributed by atoms with E-state index in [9.17, 15) is 9.59 Å². The van der Waals surface area contributed by atoms with Crippen LogP contribution in [0.1, 0.15) is 46.6 Å². The number of carbonyl (C=O) groups excluding carboxylic acids is 2. The number of hydrogen-bond acceptors (Lipinski definition) is 7. The van der Waals surface area contributed by atoms with Gasteiger partial charge in [0.25, 0.3) is 0 Å². The number of nitrogen functional groups attached to an aromatic ring is 1. The van der Waals surface area contributed by atoms with Gasteiger partial charge < -0.3 is 15.8 Å². The van der Waals surface area contributed by atoms with Crippen LogP contribution in [0.2, 0.25) is 0 Å². The molecule has 0 radical (unpaired) electrons. The molecule has 0 bridgehead atoms. The van der Waals surface area contributed by atoms with Crippen LogP contribution in [-0.4, -0.2) is 35.2 Å². The predicted molar refractivity (Wildman–Crippen MR) is 144 cm³/mol. The molecular formula is C27H31N3O3S2. The molecule has 3 N–H and O–H groups in total. The fourth-order valence-corrected chi connectivity index (χ4v) is 6.40. The molecule has 0 saturated heterocycles. The molecule has 0 saturated carbocycles. The van der Waals surface area contributed by atoms with Gasteiger partial charge in [-0.15, -0.1) is 23.1 Å². The van der Waals surface area contributed by atoms with Gasteiger partial charge >= 0.3 is 5.97 Å². The van der Waals surface area contributed by atoms with E-state index in [-0.39, 0.29) is 17.1 Å². The smallest absolute Gasteiger partial charge is 0.341 e. The molecule has 2 heterocycles. The molecule has 4 rings (SSSR count). The van der Waals surface area contributed by atoms with E-state index in [0.29, 0.717) is 29.3 Å². The Morgan fingerprint density at radius 3 is 2.57 bits per heavy atom. The minimum Gasteiger partial charge on any atom is -0.462 e. The molecular weight excluding hydrogens is 478 g/mol. The molecule has 1 aromatic heterocycles. The second-order valence-corrected chi connectivity index (χ2v) is 10.8. The summed E-state index contributed by atoms with van der Waals surface area (Å²) in [6.45, 7) is 6.53. The fourth-order valence-electron chi connectivity index (χ4n) is 4.17. The third kappa shape index (κ3) is 6.25. The summed E-state index contributed by atoms with van der Waals surface area (Å²) in [6.07, 6.45) is 1.41. The average molecular weight is 510 g/mol. The number of fused-ring (bicyclic) bond motifs is 1. The first-order valence-electron chi connectivity index (χ1n) is 11.9. The third-order valence-corrected chi connectivity index (χ3v) is 8.43. The van der Waals surface area contributed by atoms with Crippen LogP contribution in [0.4, 0.5) is 10.7 Å². The molecule has 1 amide bonds. The Labute approximate surface area is 214 Å². The first-order chi connectivity index (χ1) is 17.0. The number of amides is 1. The van der Waals surface area contributed by atoms with Crippen molar-refractivity contribution in [1.82, 2.24) is 4.90 Å². The molecule has 1 unspecified atom stereocenters.